The molecule has 2 aromatic rings. The zero-order chi connectivity index (χ0) is 22.2. The number of nitrogens with zero attached hydrogens (tertiary/aromatic N) is 3. The van der Waals surface area contributed by atoms with E-state index in [1.165, 1.54) is 23.3 Å². The molecule has 0 aliphatic carbocycles. The van der Waals surface area contributed by atoms with Gasteiger partial charge >= 0.3 is 0 Å². The van der Waals surface area contributed by atoms with Crippen molar-refractivity contribution in [1.82, 2.24) is 20.0 Å². The molecule has 0 spiro atoms. The van der Waals surface area contributed by atoms with Crippen LogP contribution in [0.15, 0.2) is 48.5 Å². The molecule has 1 N–H and O–H groups in total. The Hall–Kier alpha value is -2.77. The third kappa shape index (κ3) is 7.45. The van der Waals surface area contributed by atoms with Crippen molar-refractivity contribution < 1.29 is 14.0 Å². The molecule has 166 valence electrons. The fourth-order valence-electron chi connectivity index (χ4n) is 3.71. The molecular formula is C24H31FN4O2. The van der Waals surface area contributed by atoms with Crippen LogP contribution < -0.4 is 5.32 Å². The van der Waals surface area contributed by atoms with Crippen molar-refractivity contribution in [2.75, 3.05) is 46.3 Å². The standard InChI is InChI=1S/C24H31FN4O2/c1-19-4-3-5-21(14-19)16-28-10-12-29(13-11-28)24(31)18-27(2)17-23(30)26-15-20-6-8-22(25)9-7-20/h3-9,14H,10-13,15-18H2,1-2H3,(H,26,30). The monoisotopic (exact) mass is 426 g/mol. The zero-order valence-electron chi connectivity index (χ0n) is 18.3. The van der Waals surface area contributed by atoms with Crippen molar-refractivity contribution in [3.05, 3.63) is 71.0 Å². The van der Waals surface area contributed by atoms with Crippen LogP contribution in [0.25, 0.3) is 0 Å². The van der Waals surface area contributed by atoms with Crippen LogP contribution in [0.1, 0.15) is 16.7 Å². The van der Waals surface area contributed by atoms with Gasteiger partial charge in [0.1, 0.15) is 5.82 Å². The van der Waals surface area contributed by atoms with Crippen molar-refractivity contribution in [2.24, 2.45) is 0 Å². The van der Waals surface area contributed by atoms with Gasteiger partial charge in [0.25, 0.3) is 0 Å². The summed E-state index contributed by atoms with van der Waals surface area (Å²) in [4.78, 5) is 30.7. The highest BCUT2D eigenvalue weighted by Gasteiger charge is 2.22. The van der Waals surface area contributed by atoms with Gasteiger partial charge in [0.15, 0.2) is 0 Å². The van der Waals surface area contributed by atoms with Crippen LogP contribution in [-0.4, -0.2) is 72.8 Å². The van der Waals surface area contributed by atoms with Crippen molar-refractivity contribution in [2.45, 2.75) is 20.0 Å². The van der Waals surface area contributed by atoms with Crippen LogP contribution in [0.2, 0.25) is 0 Å². The minimum Gasteiger partial charge on any atom is -0.351 e. The molecule has 1 saturated heterocycles. The Labute approximate surface area is 183 Å². The fraction of sp³-hybridized carbons (Fsp3) is 0.417. The lowest BCUT2D eigenvalue weighted by Crippen LogP contribution is -2.51. The van der Waals surface area contributed by atoms with E-state index < -0.39 is 0 Å². The summed E-state index contributed by atoms with van der Waals surface area (Å²) >= 11 is 0. The predicted molar refractivity (Wildman–Crippen MR) is 119 cm³/mol. The van der Waals surface area contributed by atoms with Gasteiger partial charge in [-0.3, -0.25) is 19.4 Å². The average Bonchev–Trinajstić information content (AvgIpc) is 2.74. The number of hydrogen-bond acceptors (Lipinski definition) is 4. The van der Waals surface area contributed by atoms with Gasteiger partial charge in [-0.1, -0.05) is 42.0 Å². The third-order valence-electron chi connectivity index (χ3n) is 5.44. The van der Waals surface area contributed by atoms with Crippen molar-refractivity contribution in [3.63, 3.8) is 0 Å². The van der Waals surface area contributed by atoms with Gasteiger partial charge in [-0.25, -0.2) is 4.39 Å². The largest absolute Gasteiger partial charge is 0.351 e. The molecule has 2 amide bonds. The maximum Gasteiger partial charge on any atom is 0.236 e. The van der Waals surface area contributed by atoms with Crippen molar-refractivity contribution in [1.29, 1.82) is 0 Å². The molecule has 1 aliphatic heterocycles. The smallest absolute Gasteiger partial charge is 0.236 e. The van der Waals surface area contributed by atoms with Crippen molar-refractivity contribution in [3.8, 4) is 0 Å². The quantitative estimate of drug-likeness (QED) is 0.702. The number of piperazine rings is 1. The number of carbonyl (C=O) groups excluding carboxylic acids is 2. The maximum absolute atomic E-state index is 12.9. The Morgan fingerprint density at radius 1 is 1.00 bits per heavy atom. The zero-order valence-corrected chi connectivity index (χ0v) is 18.3. The fourth-order valence-corrected chi connectivity index (χ4v) is 3.71. The number of hydrogen-bond donors (Lipinski definition) is 1. The third-order valence-corrected chi connectivity index (χ3v) is 5.44. The second-order valence-electron chi connectivity index (χ2n) is 8.22. The summed E-state index contributed by atoms with van der Waals surface area (Å²) in [6, 6.07) is 14.5. The van der Waals surface area contributed by atoms with Gasteiger partial charge in [-0.2, -0.15) is 0 Å². The highest BCUT2D eigenvalue weighted by atomic mass is 19.1. The first-order chi connectivity index (χ1) is 14.9. The van der Waals surface area contributed by atoms with Crippen LogP contribution in [0.3, 0.4) is 0 Å². The number of aryl methyl sites for hydroxylation is 1. The summed E-state index contributed by atoms with van der Waals surface area (Å²) in [5, 5.41) is 2.80. The summed E-state index contributed by atoms with van der Waals surface area (Å²) in [6.07, 6.45) is 0. The predicted octanol–water partition coefficient (Wildman–Crippen LogP) is 2.03. The molecule has 1 heterocycles. The molecule has 2 aromatic carbocycles. The molecule has 0 bridgehead atoms. The highest BCUT2D eigenvalue weighted by Crippen LogP contribution is 2.11. The summed E-state index contributed by atoms with van der Waals surface area (Å²) in [6.45, 7) is 6.79. The van der Waals surface area contributed by atoms with Crippen LogP contribution in [0.4, 0.5) is 4.39 Å². The van der Waals surface area contributed by atoms with E-state index in [1.54, 1.807) is 24.1 Å². The van der Waals surface area contributed by atoms with E-state index in [0.717, 1.165) is 25.2 Å². The van der Waals surface area contributed by atoms with Gasteiger partial charge in [-0.15, -0.1) is 0 Å². The van der Waals surface area contributed by atoms with E-state index in [4.69, 9.17) is 0 Å². The van der Waals surface area contributed by atoms with Crippen LogP contribution >= 0.6 is 0 Å². The van der Waals surface area contributed by atoms with Gasteiger partial charge in [0.2, 0.25) is 11.8 Å². The molecule has 0 atom stereocenters. The second-order valence-corrected chi connectivity index (χ2v) is 8.22. The Kier molecular flexibility index (Phi) is 8.14. The van der Waals surface area contributed by atoms with E-state index in [0.29, 0.717) is 19.6 Å². The molecule has 1 aliphatic rings. The number of nitrogens with one attached hydrogen (secondary N) is 1. The lowest BCUT2D eigenvalue weighted by Gasteiger charge is -2.35. The second kappa shape index (κ2) is 11.0. The molecular weight excluding hydrogens is 395 g/mol. The van der Waals surface area contributed by atoms with Gasteiger partial charge in [-0.05, 0) is 37.2 Å². The van der Waals surface area contributed by atoms with Gasteiger partial charge in [0, 0.05) is 39.3 Å². The summed E-state index contributed by atoms with van der Waals surface area (Å²) in [7, 11) is 1.77. The lowest BCUT2D eigenvalue weighted by atomic mass is 10.1. The molecule has 0 aromatic heterocycles. The number of rotatable bonds is 8. The summed E-state index contributed by atoms with van der Waals surface area (Å²) in [5.41, 5.74) is 3.39. The first-order valence-corrected chi connectivity index (χ1v) is 10.6. The number of likely N-dealkylation sites (N-methyl/N-ethyl adjacent to an activating group) is 1. The minimum atomic E-state index is -0.302. The molecule has 31 heavy (non-hydrogen) atoms. The molecule has 0 radical (unpaired) electrons. The Bertz CT molecular complexity index is 879. The van der Waals surface area contributed by atoms with Gasteiger partial charge in [0.05, 0.1) is 13.1 Å². The molecule has 0 saturated carbocycles. The van der Waals surface area contributed by atoms with E-state index >= 15 is 0 Å². The van der Waals surface area contributed by atoms with Crippen LogP contribution in [-0.2, 0) is 22.7 Å². The molecule has 1 fully saturated rings. The Morgan fingerprint density at radius 2 is 1.71 bits per heavy atom. The van der Waals surface area contributed by atoms with Crippen LogP contribution in [0, 0.1) is 12.7 Å². The first kappa shape index (κ1) is 22.9. The first-order valence-electron chi connectivity index (χ1n) is 10.6. The molecule has 3 rings (SSSR count). The van der Waals surface area contributed by atoms with Crippen molar-refractivity contribution >= 4 is 11.8 Å². The average molecular weight is 427 g/mol. The number of benzene rings is 2. The molecule has 6 nitrogen and oxygen atoms in total. The Morgan fingerprint density at radius 3 is 2.39 bits per heavy atom. The number of carbonyl (C=O) groups is 2. The topological polar surface area (TPSA) is 55.9 Å². The number of halogens is 1. The van der Waals surface area contributed by atoms with Gasteiger partial charge < -0.3 is 10.2 Å². The number of amides is 2. The van der Waals surface area contributed by atoms with E-state index in [2.05, 4.69) is 41.4 Å². The van der Waals surface area contributed by atoms with E-state index in [1.807, 2.05) is 4.90 Å². The molecule has 7 heteroatoms. The molecule has 0 unspecified atom stereocenters. The minimum absolute atomic E-state index is 0.0454. The van der Waals surface area contributed by atoms with E-state index in [9.17, 15) is 14.0 Å². The highest BCUT2D eigenvalue weighted by molar-refractivity contribution is 5.81. The lowest BCUT2D eigenvalue weighted by molar-refractivity contribution is -0.134. The van der Waals surface area contributed by atoms with Crippen LogP contribution in [0.5, 0.6) is 0 Å². The van der Waals surface area contributed by atoms with E-state index in [-0.39, 0.29) is 30.7 Å². The summed E-state index contributed by atoms with van der Waals surface area (Å²) < 4.78 is 12.9. The normalized spacial score (nSPS) is 14.6. The maximum atomic E-state index is 12.9. The SMILES string of the molecule is Cc1cccc(CN2CCN(C(=O)CN(C)CC(=O)NCc3ccc(F)cc3)CC2)c1. The Balaban J connectivity index is 1.35. The summed E-state index contributed by atoms with van der Waals surface area (Å²) in [5.74, 6) is -0.420.